The van der Waals surface area contributed by atoms with Crippen LogP contribution in [0.15, 0.2) is 23.1 Å². The van der Waals surface area contributed by atoms with Crippen LogP contribution in [0.25, 0.3) is 0 Å². The van der Waals surface area contributed by atoms with Crippen molar-refractivity contribution >= 4 is 5.91 Å². The van der Waals surface area contributed by atoms with E-state index < -0.39 is 29.8 Å². The van der Waals surface area contributed by atoms with E-state index >= 15 is 0 Å². The highest BCUT2D eigenvalue weighted by Gasteiger charge is 2.31. The molecule has 1 atom stereocenters. The molecule has 2 rings (SSSR count). The van der Waals surface area contributed by atoms with Crippen molar-refractivity contribution in [2.75, 3.05) is 19.7 Å². The molecule has 8 heteroatoms. The first-order valence-corrected chi connectivity index (χ1v) is 6.47. The fourth-order valence-electron chi connectivity index (χ4n) is 2.28. The van der Waals surface area contributed by atoms with Crippen LogP contribution in [0.1, 0.15) is 12.0 Å². The molecule has 1 aliphatic rings. The second-order valence-electron chi connectivity index (χ2n) is 5.06. The Morgan fingerprint density at radius 1 is 1.38 bits per heavy atom. The van der Waals surface area contributed by atoms with Gasteiger partial charge in [-0.05, 0) is 12.5 Å². The number of rotatable bonds is 3. The lowest BCUT2D eigenvalue weighted by Gasteiger charge is -2.17. The van der Waals surface area contributed by atoms with Gasteiger partial charge in [0, 0.05) is 37.9 Å². The molecule has 1 saturated heterocycles. The molecule has 0 bridgehead atoms. The first-order valence-electron chi connectivity index (χ1n) is 6.47. The van der Waals surface area contributed by atoms with Gasteiger partial charge in [0.1, 0.15) is 6.54 Å². The first-order chi connectivity index (χ1) is 9.81. The van der Waals surface area contributed by atoms with Gasteiger partial charge in [-0.1, -0.05) is 0 Å². The highest BCUT2D eigenvalue weighted by atomic mass is 19.4. The molecule has 1 aromatic heterocycles. The number of nitrogens with zero attached hydrogens (tertiary/aromatic N) is 2. The lowest BCUT2D eigenvalue weighted by molar-refractivity contribution is -0.138. The van der Waals surface area contributed by atoms with Gasteiger partial charge >= 0.3 is 6.18 Å². The third-order valence-corrected chi connectivity index (χ3v) is 3.51. The number of pyridine rings is 1. The molecule has 0 aromatic carbocycles. The molecule has 1 amide bonds. The van der Waals surface area contributed by atoms with E-state index in [-0.39, 0.29) is 12.5 Å². The summed E-state index contributed by atoms with van der Waals surface area (Å²) < 4.78 is 38.6. The van der Waals surface area contributed by atoms with Crippen molar-refractivity contribution in [2.24, 2.45) is 5.92 Å². The summed E-state index contributed by atoms with van der Waals surface area (Å²) in [5, 5.41) is 9.01. The predicted molar refractivity (Wildman–Crippen MR) is 67.5 cm³/mol. The van der Waals surface area contributed by atoms with Gasteiger partial charge in [0.2, 0.25) is 5.91 Å². The van der Waals surface area contributed by atoms with E-state index in [1.165, 1.54) is 4.90 Å². The number of halogens is 3. The first kappa shape index (κ1) is 15.6. The van der Waals surface area contributed by atoms with Gasteiger partial charge < -0.3 is 14.6 Å². The summed E-state index contributed by atoms with van der Waals surface area (Å²) in [6.07, 6.45) is -3.26. The number of amides is 1. The molecular weight excluding hydrogens is 289 g/mol. The highest BCUT2D eigenvalue weighted by Crippen LogP contribution is 2.28. The van der Waals surface area contributed by atoms with E-state index in [0.717, 1.165) is 10.6 Å². The Morgan fingerprint density at radius 2 is 2.10 bits per heavy atom. The number of hydrogen-bond acceptors (Lipinski definition) is 3. The molecule has 1 fully saturated rings. The van der Waals surface area contributed by atoms with Gasteiger partial charge in [0.15, 0.2) is 0 Å². The van der Waals surface area contributed by atoms with Gasteiger partial charge in [-0.3, -0.25) is 9.59 Å². The largest absolute Gasteiger partial charge is 0.417 e. The standard InChI is InChI=1S/C13H15F3N2O3/c14-13(15,16)10-1-2-11(20)18(6-10)7-12(21)17-4-3-9(5-17)8-19/h1-2,6,9,19H,3-5,7-8H2. The van der Waals surface area contributed by atoms with Crippen LogP contribution in [-0.2, 0) is 17.5 Å². The number of aliphatic hydroxyl groups excluding tert-OH is 1. The molecular formula is C13H15F3N2O3. The van der Waals surface area contributed by atoms with Gasteiger partial charge in [-0.25, -0.2) is 0 Å². The lowest BCUT2D eigenvalue weighted by atomic mass is 10.1. The average molecular weight is 304 g/mol. The zero-order chi connectivity index (χ0) is 15.6. The predicted octanol–water partition coefficient (Wildman–Crippen LogP) is 0.708. The van der Waals surface area contributed by atoms with Crippen molar-refractivity contribution < 1.29 is 23.1 Å². The van der Waals surface area contributed by atoms with E-state index in [1.807, 2.05) is 0 Å². The SMILES string of the molecule is O=C(Cn1cc(C(F)(F)F)ccc1=O)N1CCC(CO)C1. The maximum Gasteiger partial charge on any atom is 0.417 e. The summed E-state index contributed by atoms with van der Waals surface area (Å²) in [4.78, 5) is 25.0. The zero-order valence-corrected chi connectivity index (χ0v) is 11.1. The summed E-state index contributed by atoms with van der Waals surface area (Å²) >= 11 is 0. The monoisotopic (exact) mass is 304 g/mol. The van der Waals surface area contributed by atoms with Gasteiger partial charge in [0.25, 0.3) is 5.56 Å². The molecule has 1 aliphatic heterocycles. The number of aliphatic hydroxyl groups is 1. The van der Waals surface area contributed by atoms with Gasteiger partial charge in [-0.2, -0.15) is 13.2 Å². The van der Waals surface area contributed by atoms with Gasteiger partial charge in [-0.15, -0.1) is 0 Å². The van der Waals surface area contributed by atoms with Crippen LogP contribution in [0.3, 0.4) is 0 Å². The lowest BCUT2D eigenvalue weighted by Crippen LogP contribution is -2.35. The van der Waals surface area contributed by atoms with Crippen LogP contribution in [-0.4, -0.2) is 40.2 Å². The van der Waals surface area contributed by atoms with Crippen molar-refractivity contribution in [1.82, 2.24) is 9.47 Å². The molecule has 0 radical (unpaired) electrons. The quantitative estimate of drug-likeness (QED) is 0.894. The van der Waals surface area contributed by atoms with Crippen molar-refractivity contribution in [2.45, 2.75) is 19.1 Å². The number of hydrogen-bond donors (Lipinski definition) is 1. The minimum absolute atomic E-state index is 0.00724. The zero-order valence-electron chi connectivity index (χ0n) is 11.1. The molecule has 0 aliphatic carbocycles. The maximum atomic E-state index is 12.6. The van der Waals surface area contributed by atoms with Crippen LogP contribution < -0.4 is 5.56 Å². The van der Waals surface area contributed by atoms with E-state index in [1.54, 1.807) is 0 Å². The molecule has 1 unspecified atom stereocenters. The van der Waals surface area contributed by atoms with E-state index in [2.05, 4.69) is 0 Å². The molecule has 0 spiro atoms. The Hall–Kier alpha value is -1.83. The fraction of sp³-hybridized carbons (Fsp3) is 0.538. The van der Waals surface area contributed by atoms with Crippen LogP contribution in [0.5, 0.6) is 0 Å². The maximum absolute atomic E-state index is 12.6. The Kier molecular flexibility index (Phi) is 4.36. The summed E-state index contributed by atoms with van der Waals surface area (Å²) in [6, 6.07) is 1.50. The molecule has 116 valence electrons. The number of carbonyl (C=O) groups is 1. The molecule has 21 heavy (non-hydrogen) atoms. The second kappa shape index (κ2) is 5.88. The second-order valence-corrected chi connectivity index (χ2v) is 5.06. The Bertz CT molecular complexity index is 583. The van der Waals surface area contributed by atoms with Crippen molar-refractivity contribution in [3.05, 3.63) is 34.2 Å². The van der Waals surface area contributed by atoms with Crippen molar-refractivity contribution in [1.29, 1.82) is 0 Å². The summed E-state index contributed by atoms with van der Waals surface area (Å²) in [5.74, 6) is -0.431. The Balaban J connectivity index is 2.12. The third kappa shape index (κ3) is 3.63. The summed E-state index contributed by atoms with van der Waals surface area (Å²) in [5.41, 5.74) is -1.63. The smallest absolute Gasteiger partial charge is 0.396 e. The summed E-state index contributed by atoms with van der Waals surface area (Å²) in [7, 11) is 0. The van der Waals surface area contributed by atoms with Crippen molar-refractivity contribution in [3.63, 3.8) is 0 Å². The van der Waals surface area contributed by atoms with Crippen LogP contribution in [0.2, 0.25) is 0 Å². The Morgan fingerprint density at radius 3 is 2.67 bits per heavy atom. The molecule has 2 heterocycles. The number of carbonyl (C=O) groups excluding carboxylic acids is 1. The van der Waals surface area contributed by atoms with E-state index in [0.29, 0.717) is 31.8 Å². The van der Waals surface area contributed by atoms with Crippen LogP contribution >= 0.6 is 0 Å². The minimum Gasteiger partial charge on any atom is -0.396 e. The normalized spacial score (nSPS) is 19.0. The van der Waals surface area contributed by atoms with Crippen LogP contribution in [0.4, 0.5) is 13.2 Å². The van der Waals surface area contributed by atoms with E-state index in [4.69, 9.17) is 5.11 Å². The fourth-order valence-corrected chi connectivity index (χ4v) is 2.28. The number of likely N-dealkylation sites (tertiary alicyclic amines) is 1. The van der Waals surface area contributed by atoms with Gasteiger partial charge in [0.05, 0.1) is 5.56 Å². The third-order valence-electron chi connectivity index (χ3n) is 3.51. The number of aromatic nitrogens is 1. The molecule has 1 N–H and O–H groups in total. The minimum atomic E-state index is -4.56. The highest BCUT2D eigenvalue weighted by molar-refractivity contribution is 5.76. The van der Waals surface area contributed by atoms with Crippen molar-refractivity contribution in [3.8, 4) is 0 Å². The van der Waals surface area contributed by atoms with E-state index in [9.17, 15) is 22.8 Å². The molecule has 5 nitrogen and oxygen atoms in total. The van der Waals surface area contributed by atoms with Crippen LogP contribution in [0, 0.1) is 5.92 Å². The number of alkyl halides is 3. The molecule has 1 aromatic rings. The Labute approximate surface area is 118 Å². The topological polar surface area (TPSA) is 62.5 Å². The average Bonchev–Trinajstić information content (AvgIpc) is 2.88. The summed E-state index contributed by atoms with van der Waals surface area (Å²) in [6.45, 7) is 0.342. The molecule has 0 saturated carbocycles.